The number of carbonyl (C=O) groups is 2. The third kappa shape index (κ3) is 3.89. The van der Waals surface area contributed by atoms with Crippen molar-refractivity contribution < 1.29 is 9.59 Å². The molecule has 1 aliphatic rings. The Hall–Kier alpha value is -2.80. The summed E-state index contributed by atoms with van der Waals surface area (Å²) in [5, 5.41) is 6.88. The number of rotatable bonds is 4. The van der Waals surface area contributed by atoms with Crippen molar-refractivity contribution >= 4 is 34.1 Å². The van der Waals surface area contributed by atoms with E-state index < -0.39 is 0 Å². The fraction of sp³-hybridized carbons (Fsp3) is 0.333. The Labute approximate surface area is 167 Å². The van der Waals surface area contributed by atoms with Crippen molar-refractivity contribution in [2.75, 3.05) is 13.1 Å². The quantitative estimate of drug-likeness (QED) is 0.736. The standard InChI is InChI=1S/C21H22N4O2S/c1-14(26)24-19(20-23-9-12-28-20)15-6-10-25(11-7-15)21(27)17-4-5-18-16(13-17)3-2-8-22-18/h2-5,8-9,12-13,15,19H,6-7,10-11H2,1H3,(H,24,26)/t19-/m1/s1. The first-order chi connectivity index (χ1) is 13.6. The van der Waals surface area contributed by atoms with E-state index in [9.17, 15) is 9.59 Å². The maximum atomic E-state index is 13.0. The van der Waals surface area contributed by atoms with E-state index in [-0.39, 0.29) is 23.8 Å². The summed E-state index contributed by atoms with van der Waals surface area (Å²) in [4.78, 5) is 35.2. The minimum Gasteiger partial charge on any atom is -0.347 e. The summed E-state index contributed by atoms with van der Waals surface area (Å²) in [7, 11) is 0. The predicted octanol–water partition coefficient (Wildman–Crippen LogP) is 3.42. The molecule has 1 aliphatic heterocycles. The van der Waals surface area contributed by atoms with E-state index in [1.54, 1.807) is 23.7 Å². The highest BCUT2D eigenvalue weighted by molar-refractivity contribution is 7.09. The molecule has 2 aromatic heterocycles. The van der Waals surface area contributed by atoms with E-state index in [0.29, 0.717) is 18.7 Å². The predicted molar refractivity (Wildman–Crippen MR) is 109 cm³/mol. The lowest BCUT2D eigenvalue weighted by Crippen LogP contribution is -2.42. The monoisotopic (exact) mass is 394 g/mol. The number of nitrogens with zero attached hydrogens (tertiary/aromatic N) is 3. The van der Waals surface area contributed by atoms with Crippen molar-refractivity contribution in [3.63, 3.8) is 0 Å². The van der Waals surface area contributed by atoms with Gasteiger partial charge in [0.05, 0.1) is 11.6 Å². The fourth-order valence-electron chi connectivity index (χ4n) is 3.82. The van der Waals surface area contributed by atoms with Crippen LogP contribution < -0.4 is 5.32 Å². The Balaban J connectivity index is 1.45. The summed E-state index contributed by atoms with van der Waals surface area (Å²) in [6, 6.07) is 9.41. The average molecular weight is 395 g/mol. The number of fused-ring (bicyclic) bond motifs is 1. The third-order valence-corrected chi connectivity index (χ3v) is 6.08. The highest BCUT2D eigenvalue weighted by Crippen LogP contribution is 2.32. The lowest BCUT2D eigenvalue weighted by Gasteiger charge is -2.35. The smallest absolute Gasteiger partial charge is 0.253 e. The van der Waals surface area contributed by atoms with Crippen molar-refractivity contribution in [2.24, 2.45) is 5.92 Å². The molecule has 1 saturated heterocycles. The molecular weight excluding hydrogens is 372 g/mol. The van der Waals surface area contributed by atoms with Gasteiger partial charge in [0.25, 0.3) is 5.91 Å². The summed E-state index contributed by atoms with van der Waals surface area (Å²) >= 11 is 1.56. The van der Waals surface area contributed by atoms with Gasteiger partial charge in [-0.2, -0.15) is 0 Å². The second-order valence-electron chi connectivity index (χ2n) is 7.09. The molecule has 7 heteroatoms. The first kappa shape index (κ1) is 18.6. The average Bonchev–Trinajstić information content (AvgIpc) is 3.26. The molecule has 3 aromatic rings. The molecule has 1 fully saturated rings. The molecule has 28 heavy (non-hydrogen) atoms. The van der Waals surface area contributed by atoms with Crippen LogP contribution >= 0.6 is 11.3 Å². The van der Waals surface area contributed by atoms with Crippen LogP contribution in [0.3, 0.4) is 0 Å². The first-order valence-corrected chi connectivity index (χ1v) is 10.3. The normalized spacial score (nSPS) is 16.1. The number of hydrogen-bond donors (Lipinski definition) is 1. The van der Waals surface area contributed by atoms with Gasteiger partial charge < -0.3 is 10.2 Å². The maximum Gasteiger partial charge on any atom is 0.253 e. The van der Waals surface area contributed by atoms with E-state index in [0.717, 1.165) is 28.8 Å². The van der Waals surface area contributed by atoms with Gasteiger partial charge in [-0.3, -0.25) is 14.6 Å². The maximum absolute atomic E-state index is 13.0. The van der Waals surface area contributed by atoms with Crippen LogP contribution in [0.5, 0.6) is 0 Å². The summed E-state index contributed by atoms with van der Waals surface area (Å²) < 4.78 is 0. The minimum absolute atomic E-state index is 0.0505. The number of nitrogens with one attached hydrogen (secondary N) is 1. The lowest BCUT2D eigenvalue weighted by molar-refractivity contribution is -0.120. The van der Waals surface area contributed by atoms with Crippen LogP contribution in [0.1, 0.15) is 41.2 Å². The van der Waals surface area contributed by atoms with E-state index in [1.165, 1.54) is 6.92 Å². The molecule has 2 amide bonds. The summed E-state index contributed by atoms with van der Waals surface area (Å²) in [6.45, 7) is 2.89. The summed E-state index contributed by atoms with van der Waals surface area (Å²) in [6.07, 6.45) is 5.20. The Morgan fingerprint density at radius 3 is 2.71 bits per heavy atom. The van der Waals surface area contributed by atoms with E-state index in [4.69, 9.17) is 0 Å². The topological polar surface area (TPSA) is 75.2 Å². The van der Waals surface area contributed by atoms with Crippen molar-refractivity contribution in [1.29, 1.82) is 0 Å². The number of amides is 2. The zero-order valence-electron chi connectivity index (χ0n) is 15.7. The third-order valence-electron chi connectivity index (χ3n) is 5.22. The number of benzene rings is 1. The molecular formula is C21H22N4O2S. The molecule has 6 nitrogen and oxygen atoms in total. The van der Waals surface area contributed by atoms with Gasteiger partial charge in [-0.05, 0) is 43.0 Å². The molecule has 1 aromatic carbocycles. The Bertz CT molecular complexity index is 981. The van der Waals surface area contributed by atoms with Crippen LogP contribution in [0.2, 0.25) is 0 Å². The molecule has 0 saturated carbocycles. The van der Waals surface area contributed by atoms with E-state index >= 15 is 0 Å². The molecule has 1 N–H and O–H groups in total. The second-order valence-corrected chi connectivity index (χ2v) is 8.02. The van der Waals surface area contributed by atoms with Crippen LogP contribution in [-0.4, -0.2) is 39.8 Å². The Kier molecular flexibility index (Phi) is 5.34. The molecule has 0 unspecified atom stereocenters. The van der Waals surface area contributed by atoms with Gasteiger partial charge >= 0.3 is 0 Å². The molecule has 1 atom stereocenters. The number of likely N-dealkylation sites (tertiary alicyclic amines) is 1. The van der Waals surface area contributed by atoms with Gasteiger partial charge in [-0.15, -0.1) is 11.3 Å². The number of aromatic nitrogens is 2. The van der Waals surface area contributed by atoms with Gasteiger partial charge in [0.2, 0.25) is 5.91 Å². The molecule has 0 radical (unpaired) electrons. The molecule has 4 rings (SSSR count). The van der Waals surface area contributed by atoms with Crippen molar-refractivity contribution in [1.82, 2.24) is 20.2 Å². The van der Waals surface area contributed by atoms with E-state index in [1.807, 2.05) is 40.6 Å². The second kappa shape index (κ2) is 8.06. The van der Waals surface area contributed by atoms with E-state index in [2.05, 4.69) is 15.3 Å². The summed E-state index contributed by atoms with van der Waals surface area (Å²) in [5.74, 6) is 0.276. The minimum atomic E-state index is -0.0819. The molecule has 144 valence electrons. The zero-order valence-corrected chi connectivity index (χ0v) is 16.5. The Morgan fingerprint density at radius 2 is 2.00 bits per heavy atom. The first-order valence-electron chi connectivity index (χ1n) is 9.42. The van der Waals surface area contributed by atoms with Crippen LogP contribution in [0, 0.1) is 5.92 Å². The number of carbonyl (C=O) groups excluding carboxylic acids is 2. The molecule has 0 spiro atoms. The summed E-state index contributed by atoms with van der Waals surface area (Å²) in [5.41, 5.74) is 1.58. The fourth-order valence-corrected chi connectivity index (χ4v) is 4.60. The van der Waals surface area contributed by atoms with Crippen molar-refractivity contribution in [3.8, 4) is 0 Å². The highest BCUT2D eigenvalue weighted by Gasteiger charge is 2.31. The van der Waals surface area contributed by atoms with Gasteiger partial charge in [0, 0.05) is 48.7 Å². The largest absolute Gasteiger partial charge is 0.347 e. The highest BCUT2D eigenvalue weighted by atomic mass is 32.1. The number of pyridine rings is 1. The lowest BCUT2D eigenvalue weighted by atomic mass is 9.89. The van der Waals surface area contributed by atoms with Gasteiger partial charge in [0.1, 0.15) is 5.01 Å². The van der Waals surface area contributed by atoms with Crippen LogP contribution in [-0.2, 0) is 4.79 Å². The van der Waals surface area contributed by atoms with Gasteiger partial charge in [0.15, 0.2) is 0 Å². The molecule has 3 heterocycles. The van der Waals surface area contributed by atoms with Crippen molar-refractivity contribution in [2.45, 2.75) is 25.8 Å². The zero-order chi connectivity index (χ0) is 19.5. The molecule has 0 aliphatic carbocycles. The molecule has 0 bridgehead atoms. The SMILES string of the molecule is CC(=O)N[C@@H](c1nccs1)C1CCN(C(=O)c2ccc3ncccc3c2)CC1. The van der Waals surface area contributed by atoms with Crippen molar-refractivity contribution in [3.05, 3.63) is 58.7 Å². The van der Waals surface area contributed by atoms with Gasteiger partial charge in [-0.25, -0.2) is 4.98 Å². The van der Waals surface area contributed by atoms with Gasteiger partial charge in [-0.1, -0.05) is 6.07 Å². The number of piperidine rings is 1. The Morgan fingerprint density at radius 1 is 1.18 bits per heavy atom. The number of thiazole rings is 1. The van der Waals surface area contributed by atoms with Crippen LogP contribution in [0.4, 0.5) is 0 Å². The number of hydrogen-bond acceptors (Lipinski definition) is 5. The van der Waals surface area contributed by atoms with Crippen LogP contribution in [0.15, 0.2) is 48.1 Å². The van der Waals surface area contributed by atoms with Crippen LogP contribution in [0.25, 0.3) is 10.9 Å².